The molecule has 0 spiro atoms. The van der Waals surface area contributed by atoms with Crippen LogP contribution in [0.4, 0.5) is 0 Å². The molecule has 3 rings (SSSR count). The lowest BCUT2D eigenvalue weighted by molar-refractivity contribution is 0.199. The van der Waals surface area contributed by atoms with E-state index >= 15 is 0 Å². The van der Waals surface area contributed by atoms with Gasteiger partial charge in [-0.15, -0.1) is 0 Å². The molecule has 3 aliphatic carbocycles. The molecular weight excluding hydrogens is 210 g/mol. The monoisotopic (exact) mass is 237 g/mol. The van der Waals surface area contributed by atoms with Crippen LogP contribution >= 0.6 is 0 Å². The fourth-order valence-corrected chi connectivity index (χ4v) is 4.98. The van der Waals surface area contributed by atoms with E-state index in [0.717, 1.165) is 42.7 Å². The van der Waals surface area contributed by atoms with Crippen LogP contribution in [0.5, 0.6) is 0 Å². The zero-order valence-corrected chi connectivity index (χ0v) is 11.1. The molecule has 3 fully saturated rings. The summed E-state index contributed by atoms with van der Waals surface area (Å²) in [6, 6.07) is 0.806. The van der Waals surface area contributed by atoms with Crippen molar-refractivity contribution in [2.75, 3.05) is 13.2 Å². The van der Waals surface area contributed by atoms with Gasteiger partial charge < -0.3 is 10.4 Å². The van der Waals surface area contributed by atoms with Gasteiger partial charge in [0.1, 0.15) is 0 Å². The predicted molar refractivity (Wildman–Crippen MR) is 69.7 cm³/mol. The third kappa shape index (κ3) is 2.15. The van der Waals surface area contributed by atoms with Gasteiger partial charge in [0.05, 0.1) is 0 Å². The molecule has 0 heterocycles. The Bertz CT molecular complexity index is 268. The standard InChI is InChI=1S/C15H27NO/c1-10(5-6-17)9-16-15-8-11-7-14(15)13-4-2-3-12(11)13/h10-17H,2-9H2,1H3. The second-order valence-corrected chi connectivity index (χ2v) is 6.79. The molecule has 2 nitrogen and oxygen atoms in total. The van der Waals surface area contributed by atoms with E-state index in [-0.39, 0.29) is 0 Å². The minimum atomic E-state index is 0.338. The fraction of sp³-hybridized carbons (Fsp3) is 1.00. The zero-order valence-electron chi connectivity index (χ0n) is 11.1. The van der Waals surface area contributed by atoms with Gasteiger partial charge in [-0.05, 0) is 68.2 Å². The Morgan fingerprint density at radius 3 is 2.82 bits per heavy atom. The van der Waals surface area contributed by atoms with E-state index in [1.165, 1.54) is 32.1 Å². The van der Waals surface area contributed by atoms with Crippen molar-refractivity contribution in [1.82, 2.24) is 5.32 Å². The lowest BCUT2D eigenvalue weighted by Crippen LogP contribution is -2.41. The SMILES string of the molecule is CC(CCO)CNC1CC2CC1C1CCCC21. The summed E-state index contributed by atoms with van der Waals surface area (Å²) in [7, 11) is 0. The van der Waals surface area contributed by atoms with Crippen molar-refractivity contribution in [2.24, 2.45) is 29.6 Å². The summed E-state index contributed by atoms with van der Waals surface area (Å²) in [4.78, 5) is 0. The van der Waals surface area contributed by atoms with Gasteiger partial charge in [0.25, 0.3) is 0 Å². The van der Waals surface area contributed by atoms with Crippen molar-refractivity contribution in [1.29, 1.82) is 0 Å². The lowest BCUT2D eigenvalue weighted by atomic mass is 9.79. The topological polar surface area (TPSA) is 32.3 Å². The summed E-state index contributed by atoms with van der Waals surface area (Å²) in [5.74, 6) is 4.85. The van der Waals surface area contributed by atoms with Gasteiger partial charge in [-0.1, -0.05) is 13.3 Å². The molecule has 0 aromatic heterocycles. The Kier molecular flexibility index (Phi) is 3.45. The van der Waals surface area contributed by atoms with Crippen molar-refractivity contribution in [3.05, 3.63) is 0 Å². The minimum Gasteiger partial charge on any atom is -0.396 e. The highest BCUT2D eigenvalue weighted by Crippen LogP contribution is 2.58. The number of aliphatic hydroxyl groups excluding tert-OH is 1. The van der Waals surface area contributed by atoms with Gasteiger partial charge in [0, 0.05) is 12.6 Å². The Morgan fingerprint density at radius 2 is 2.00 bits per heavy atom. The molecule has 2 heteroatoms. The van der Waals surface area contributed by atoms with Gasteiger partial charge in [-0.2, -0.15) is 0 Å². The summed E-state index contributed by atoms with van der Waals surface area (Å²) in [6.45, 7) is 3.69. The van der Waals surface area contributed by atoms with Crippen LogP contribution in [0.2, 0.25) is 0 Å². The van der Waals surface area contributed by atoms with Crippen LogP contribution in [0.1, 0.15) is 45.4 Å². The lowest BCUT2D eigenvalue weighted by Gasteiger charge is -2.32. The van der Waals surface area contributed by atoms with Crippen LogP contribution in [0.25, 0.3) is 0 Å². The van der Waals surface area contributed by atoms with E-state index in [9.17, 15) is 0 Å². The van der Waals surface area contributed by atoms with E-state index in [0.29, 0.717) is 12.5 Å². The Morgan fingerprint density at radius 1 is 1.18 bits per heavy atom. The van der Waals surface area contributed by atoms with Crippen molar-refractivity contribution >= 4 is 0 Å². The van der Waals surface area contributed by atoms with Crippen LogP contribution in [0, 0.1) is 29.6 Å². The molecule has 0 aromatic carbocycles. The molecule has 17 heavy (non-hydrogen) atoms. The van der Waals surface area contributed by atoms with Crippen molar-refractivity contribution in [3.8, 4) is 0 Å². The molecule has 0 aliphatic heterocycles. The molecule has 0 saturated heterocycles. The van der Waals surface area contributed by atoms with Crippen molar-refractivity contribution in [2.45, 2.75) is 51.5 Å². The molecule has 2 N–H and O–H groups in total. The van der Waals surface area contributed by atoms with Crippen LogP contribution in [-0.2, 0) is 0 Å². The largest absolute Gasteiger partial charge is 0.396 e. The van der Waals surface area contributed by atoms with Crippen LogP contribution in [0.3, 0.4) is 0 Å². The van der Waals surface area contributed by atoms with Crippen molar-refractivity contribution < 1.29 is 5.11 Å². The fourth-order valence-electron chi connectivity index (χ4n) is 4.98. The average Bonchev–Trinajstić information content (AvgIpc) is 2.98. The second-order valence-electron chi connectivity index (χ2n) is 6.79. The Hall–Kier alpha value is -0.0800. The Labute approximate surface area is 105 Å². The molecule has 6 atom stereocenters. The predicted octanol–water partition coefficient (Wildman–Crippen LogP) is 2.42. The van der Waals surface area contributed by atoms with E-state index in [4.69, 9.17) is 5.11 Å². The van der Waals surface area contributed by atoms with E-state index in [2.05, 4.69) is 12.2 Å². The maximum Gasteiger partial charge on any atom is 0.0434 e. The van der Waals surface area contributed by atoms with Gasteiger partial charge in [0.2, 0.25) is 0 Å². The quantitative estimate of drug-likeness (QED) is 0.769. The normalized spacial score (nSPS) is 45.2. The maximum absolute atomic E-state index is 8.93. The average molecular weight is 237 g/mol. The van der Waals surface area contributed by atoms with Crippen LogP contribution in [0.15, 0.2) is 0 Å². The summed E-state index contributed by atoms with van der Waals surface area (Å²) < 4.78 is 0. The third-order valence-corrected chi connectivity index (χ3v) is 5.78. The summed E-state index contributed by atoms with van der Waals surface area (Å²) in [5, 5.41) is 12.7. The molecular formula is C15H27NO. The molecule has 0 amide bonds. The molecule has 6 unspecified atom stereocenters. The highest BCUT2D eigenvalue weighted by atomic mass is 16.3. The highest BCUT2D eigenvalue weighted by Gasteiger charge is 2.53. The zero-order chi connectivity index (χ0) is 11.8. The highest BCUT2D eigenvalue weighted by molar-refractivity contribution is 5.05. The number of nitrogens with one attached hydrogen (secondary N) is 1. The summed E-state index contributed by atoms with van der Waals surface area (Å²) >= 11 is 0. The first-order valence-electron chi connectivity index (χ1n) is 7.64. The molecule has 3 aliphatic rings. The molecule has 2 bridgehead atoms. The maximum atomic E-state index is 8.93. The first-order valence-corrected chi connectivity index (χ1v) is 7.64. The first-order chi connectivity index (χ1) is 8.29. The number of hydrogen-bond acceptors (Lipinski definition) is 2. The minimum absolute atomic E-state index is 0.338. The molecule has 0 aromatic rings. The van der Waals surface area contributed by atoms with Gasteiger partial charge in [-0.3, -0.25) is 0 Å². The smallest absolute Gasteiger partial charge is 0.0434 e. The van der Waals surface area contributed by atoms with Gasteiger partial charge in [0.15, 0.2) is 0 Å². The van der Waals surface area contributed by atoms with Crippen LogP contribution in [-0.4, -0.2) is 24.3 Å². The van der Waals surface area contributed by atoms with Crippen molar-refractivity contribution in [3.63, 3.8) is 0 Å². The number of rotatable bonds is 5. The van der Waals surface area contributed by atoms with E-state index < -0.39 is 0 Å². The Balaban J connectivity index is 1.50. The second kappa shape index (κ2) is 4.89. The summed E-state index contributed by atoms with van der Waals surface area (Å²) in [6.07, 6.45) is 8.44. The van der Waals surface area contributed by atoms with E-state index in [1.807, 2.05) is 0 Å². The third-order valence-electron chi connectivity index (χ3n) is 5.78. The number of fused-ring (bicyclic) bond motifs is 5. The van der Waals surface area contributed by atoms with Crippen LogP contribution < -0.4 is 5.32 Å². The number of aliphatic hydroxyl groups is 1. The summed E-state index contributed by atoms with van der Waals surface area (Å²) in [5.41, 5.74) is 0. The number of hydrogen-bond donors (Lipinski definition) is 2. The molecule has 98 valence electrons. The van der Waals surface area contributed by atoms with Gasteiger partial charge in [-0.25, -0.2) is 0 Å². The molecule has 0 radical (unpaired) electrons. The van der Waals surface area contributed by atoms with E-state index in [1.54, 1.807) is 0 Å². The molecule has 3 saturated carbocycles. The first kappa shape index (κ1) is 12.0. The van der Waals surface area contributed by atoms with Gasteiger partial charge >= 0.3 is 0 Å².